The van der Waals surface area contributed by atoms with Crippen molar-refractivity contribution in [2.75, 3.05) is 43.1 Å². The zero-order chi connectivity index (χ0) is 29.9. The maximum absolute atomic E-state index is 14.2. The number of hydrogen-bond acceptors (Lipinski definition) is 9. The molecule has 5 rings (SSSR count). The summed E-state index contributed by atoms with van der Waals surface area (Å²) in [4.78, 5) is 27.7. The van der Waals surface area contributed by atoms with E-state index in [-0.39, 0.29) is 24.5 Å². The minimum absolute atomic E-state index is 0.0568. The Kier molecular flexibility index (Phi) is 9.07. The number of carbonyl (C=O) groups excluding carboxylic acids is 1. The van der Waals surface area contributed by atoms with E-state index in [9.17, 15) is 18.7 Å². The Balaban J connectivity index is 1.36. The molecule has 3 N–H and O–H groups in total. The van der Waals surface area contributed by atoms with Gasteiger partial charge in [0.2, 0.25) is 5.95 Å². The van der Waals surface area contributed by atoms with E-state index in [1.165, 1.54) is 4.57 Å². The molecule has 1 saturated carbocycles. The molecule has 13 heteroatoms. The highest BCUT2D eigenvalue weighted by atomic mass is 19.3. The van der Waals surface area contributed by atoms with E-state index in [0.717, 1.165) is 25.7 Å². The highest BCUT2D eigenvalue weighted by molar-refractivity contribution is 5.78. The molecule has 1 amide bonds. The van der Waals surface area contributed by atoms with Crippen molar-refractivity contribution in [3.8, 4) is 5.82 Å². The van der Waals surface area contributed by atoms with Crippen LogP contribution in [0.3, 0.4) is 0 Å². The average Bonchev–Trinajstić information content (AvgIpc) is 3.36. The van der Waals surface area contributed by atoms with Gasteiger partial charge in [-0.3, -0.25) is 4.57 Å². The quantitative estimate of drug-likeness (QED) is 0.350. The van der Waals surface area contributed by atoms with E-state index >= 15 is 0 Å². The van der Waals surface area contributed by atoms with Crippen LogP contribution in [0.2, 0.25) is 0 Å². The number of halogens is 2. The number of alkyl carbamates (subject to hydrolysis) is 1. The van der Waals surface area contributed by atoms with Gasteiger partial charge in [-0.2, -0.15) is 9.97 Å². The van der Waals surface area contributed by atoms with Gasteiger partial charge >= 0.3 is 6.09 Å². The van der Waals surface area contributed by atoms with Gasteiger partial charge < -0.3 is 30.1 Å². The minimum atomic E-state index is -2.81. The van der Waals surface area contributed by atoms with E-state index < -0.39 is 23.9 Å². The van der Waals surface area contributed by atoms with Crippen LogP contribution in [-0.2, 0) is 9.47 Å². The van der Waals surface area contributed by atoms with Crippen LogP contribution in [0.15, 0.2) is 30.3 Å². The zero-order valence-corrected chi connectivity index (χ0v) is 24.2. The lowest BCUT2D eigenvalue weighted by Gasteiger charge is -2.35. The zero-order valence-electron chi connectivity index (χ0n) is 24.2. The summed E-state index contributed by atoms with van der Waals surface area (Å²) < 4.78 is 40.6. The molecule has 42 heavy (non-hydrogen) atoms. The third-order valence-corrected chi connectivity index (χ3v) is 7.56. The monoisotopic (exact) mass is 587 g/mol. The number of imidazole rings is 1. The molecule has 3 aromatic rings. The molecule has 2 aliphatic rings. The molecule has 11 nitrogen and oxygen atoms in total. The van der Waals surface area contributed by atoms with Crippen LogP contribution < -0.4 is 15.5 Å². The number of aliphatic hydroxyl groups is 1. The molecule has 0 spiro atoms. The van der Waals surface area contributed by atoms with Crippen molar-refractivity contribution in [3.05, 3.63) is 36.2 Å². The van der Waals surface area contributed by atoms with Crippen LogP contribution >= 0.6 is 0 Å². The number of amides is 1. The highest BCUT2D eigenvalue weighted by Gasteiger charge is 2.28. The summed E-state index contributed by atoms with van der Waals surface area (Å²) in [5.41, 5.74) is 0.412. The standard InChI is InChI=1S/C29H39F2N7O4/c1-29(2,3)42-28(40)33-19-10-8-18(9-11-19)15-32-27-35-23(37-12-13-41-17-20(37)16-39)14-24(36-27)38-22-7-5-4-6-21(22)34-26(38)25(30)31/h4-7,14,18-20,25,39H,8-13,15-17H2,1-3H3,(H,33,40)(H,32,35,36)/t18-,19-,20-/m0/s1. The number of aliphatic hydroxyl groups excluding tert-OH is 1. The Labute approximate surface area is 243 Å². The first kappa shape index (κ1) is 29.9. The van der Waals surface area contributed by atoms with Gasteiger partial charge in [0.1, 0.15) is 17.2 Å². The highest BCUT2D eigenvalue weighted by Crippen LogP contribution is 2.30. The van der Waals surface area contributed by atoms with Crippen molar-refractivity contribution in [3.63, 3.8) is 0 Å². The van der Waals surface area contributed by atoms with E-state index in [1.54, 1.807) is 30.3 Å². The smallest absolute Gasteiger partial charge is 0.407 e. The molecule has 3 heterocycles. The Morgan fingerprint density at radius 2 is 1.88 bits per heavy atom. The number of nitrogens with zero attached hydrogens (tertiary/aromatic N) is 5. The first-order chi connectivity index (χ1) is 20.1. The maximum Gasteiger partial charge on any atom is 0.407 e. The van der Waals surface area contributed by atoms with Crippen molar-refractivity contribution in [1.29, 1.82) is 0 Å². The van der Waals surface area contributed by atoms with Crippen LogP contribution in [0.25, 0.3) is 16.9 Å². The van der Waals surface area contributed by atoms with Gasteiger partial charge in [-0.15, -0.1) is 0 Å². The van der Waals surface area contributed by atoms with Crippen molar-refractivity contribution in [2.24, 2.45) is 5.92 Å². The Hall–Kier alpha value is -3.58. The molecule has 1 saturated heterocycles. The van der Waals surface area contributed by atoms with E-state index in [0.29, 0.717) is 55.0 Å². The summed E-state index contributed by atoms with van der Waals surface area (Å²) in [6.45, 7) is 7.23. The lowest BCUT2D eigenvalue weighted by atomic mass is 9.86. The fraction of sp³-hybridized carbons (Fsp3) is 0.586. The number of para-hydroxylation sites is 2. The Morgan fingerprint density at radius 1 is 1.14 bits per heavy atom. The molecular weight excluding hydrogens is 548 g/mol. The summed E-state index contributed by atoms with van der Waals surface area (Å²) in [5.74, 6) is 0.991. The van der Waals surface area contributed by atoms with Crippen LogP contribution in [0.5, 0.6) is 0 Å². The lowest BCUT2D eigenvalue weighted by molar-refractivity contribution is 0.0488. The van der Waals surface area contributed by atoms with Gasteiger partial charge in [-0.25, -0.2) is 18.6 Å². The van der Waals surface area contributed by atoms with Gasteiger partial charge in [-0.1, -0.05) is 12.1 Å². The molecule has 2 aromatic heterocycles. The molecule has 1 aliphatic carbocycles. The number of carbonyl (C=O) groups is 1. The normalized spacial score (nSPS) is 21.5. The fourth-order valence-electron chi connectivity index (χ4n) is 5.52. The second kappa shape index (κ2) is 12.7. The molecule has 2 fully saturated rings. The van der Waals surface area contributed by atoms with Crippen LogP contribution in [0.4, 0.5) is 25.3 Å². The van der Waals surface area contributed by atoms with Crippen molar-refractivity contribution in [1.82, 2.24) is 24.8 Å². The van der Waals surface area contributed by atoms with Crippen molar-refractivity contribution < 1.29 is 28.2 Å². The van der Waals surface area contributed by atoms with Gasteiger partial charge in [0.05, 0.1) is 36.9 Å². The van der Waals surface area contributed by atoms with Gasteiger partial charge in [0.15, 0.2) is 5.82 Å². The van der Waals surface area contributed by atoms with E-state index in [4.69, 9.17) is 14.5 Å². The number of benzene rings is 1. The van der Waals surface area contributed by atoms with Crippen molar-refractivity contribution >= 4 is 28.9 Å². The van der Waals surface area contributed by atoms with Gasteiger partial charge in [0.25, 0.3) is 6.43 Å². The molecule has 0 bridgehead atoms. The average molecular weight is 588 g/mol. The Bertz CT molecular complexity index is 1370. The van der Waals surface area contributed by atoms with Crippen LogP contribution in [0, 0.1) is 5.92 Å². The Morgan fingerprint density at radius 3 is 2.60 bits per heavy atom. The first-order valence-electron chi connectivity index (χ1n) is 14.4. The number of rotatable bonds is 8. The van der Waals surface area contributed by atoms with E-state index in [1.807, 2.05) is 25.7 Å². The fourth-order valence-corrected chi connectivity index (χ4v) is 5.52. The number of ether oxygens (including phenoxy) is 2. The molecule has 0 unspecified atom stereocenters. The summed E-state index contributed by atoms with van der Waals surface area (Å²) in [6.07, 6.45) is 0.201. The minimum Gasteiger partial charge on any atom is -0.444 e. The molecule has 1 aliphatic heterocycles. The number of nitrogens with one attached hydrogen (secondary N) is 2. The number of fused-ring (bicyclic) bond motifs is 1. The third kappa shape index (κ3) is 7.06. The maximum atomic E-state index is 14.2. The van der Waals surface area contributed by atoms with E-state index in [2.05, 4.69) is 20.6 Å². The third-order valence-electron chi connectivity index (χ3n) is 7.56. The lowest BCUT2D eigenvalue weighted by Crippen LogP contribution is -2.48. The largest absolute Gasteiger partial charge is 0.444 e. The molecule has 1 atom stereocenters. The van der Waals surface area contributed by atoms with Gasteiger partial charge in [0, 0.05) is 25.2 Å². The first-order valence-corrected chi connectivity index (χ1v) is 14.4. The second-order valence-corrected chi connectivity index (χ2v) is 11.9. The topological polar surface area (TPSA) is 127 Å². The summed E-state index contributed by atoms with van der Waals surface area (Å²) in [5, 5.41) is 16.3. The molecular formula is C29H39F2N7O4. The van der Waals surface area contributed by atoms with Crippen LogP contribution in [-0.4, -0.2) is 81.3 Å². The van der Waals surface area contributed by atoms with Crippen LogP contribution in [0.1, 0.15) is 58.7 Å². The molecule has 1 aromatic carbocycles. The number of anilines is 2. The summed E-state index contributed by atoms with van der Waals surface area (Å²) >= 11 is 0. The molecule has 0 radical (unpaired) electrons. The number of alkyl halides is 2. The summed E-state index contributed by atoms with van der Waals surface area (Å²) in [7, 11) is 0. The SMILES string of the molecule is CC(C)(C)OC(=O)N[C@H]1CC[C@H](CNc2nc(N3CCOC[C@@H]3CO)cc(-n3c(C(F)F)nc4ccccc43)n2)CC1. The number of hydrogen-bond donors (Lipinski definition) is 3. The predicted molar refractivity (Wildman–Crippen MR) is 154 cm³/mol. The van der Waals surface area contributed by atoms with Crippen molar-refractivity contribution in [2.45, 2.75) is 70.6 Å². The number of morpholine rings is 1. The molecule has 228 valence electrons. The predicted octanol–water partition coefficient (Wildman–Crippen LogP) is 4.45. The van der Waals surface area contributed by atoms with Gasteiger partial charge in [-0.05, 0) is 64.5 Å². The second-order valence-electron chi connectivity index (χ2n) is 11.9. The summed E-state index contributed by atoms with van der Waals surface area (Å²) in [6, 6.07) is 8.35. The number of aromatic nitrogens is 4.